The van der Waals surface area contributed by atoms with Gasteiger partial charge in [-0.15, -0.1) is 0 Å². The summed E-state index contributed by atoms with van der Waals surface area (Å²) in [4.78, 5) is 14.3. The fourth-order valence-corrected chi connectivity index (χ4v) is 3.70. The van der Waals surface area contributed by atoms with Gasteiger partial charge in [-0.1, -0.05) is 60.4 Å². The maximum atomic E-state index is 12.6. The minimum Gasteiger partial charge on any atom is -0.391 e. The number of likely N-dealkylation sites (tertiary alicyclic amines) is 1. The van der Waals surface area contributed by atoms with Crippen molar-refractivity contribution in [3.05, 3.63) is 60.2 Å². The number of aliphatic hydroxyl groups is 1. The minimum absolute atomic E-state index is 0.0161. The highest BCUT2D eigenvalue weighted by molar-refractivity contribution is 5.86. The van der Waals surface area contributed by atoms with Crippen molar-refractivity contribution < 1.29 is 9.90 Å². The maximum absolute atomic E-state index is 12.6. The molecule has 1 saturated heterocycles. The molecule has 0 bridgehead atoms. The number of allylic oxidation sites excluding steroid dienone is 1. The number of carbonyl (C=O) groups is 1. The van der Waals surface area contributed by atoms with E-state index in [2.05, 4.69) is 66.5 Å². The highest BCUT2D eigenvalue weighted by Gasteiger charge is 2.34. The molecule has 1 heterocycles. The number of amides is 1. The molecular formula is C25H30N2O2. The number of nitrogens with one attached hydrogen (secondary N) is 1. The van der Waals surface area contributed by atoms with E-state index in [-0.39, 0.29) is 11.9 Å². The van der Waals surface area contributed by atoms with Crippen LogP contribution in [0.5, 0.6) is 0 Å². The lowest BCUT2D eigenvalue weighted by Gasteiger charge is -2.24. The molecule has 0 spiro atoms. The van der Waals surface area contributed by atoms with Crippen molar-refractivity contribution in [3.63, 3.8) is 0 Å². The van der Waals surface area contributed by atoms with Gasteiger partial charge in [0.1, 0.15) is 5.41 Å². The Kier molecular flexibility index (Phi) is 6.74. The number of benzene rings is 2. The first-order valence-electron chi connectivity index (χ1n) is 10.2. The maximum Gasteiger partial charge on any atom is 0.240 e. The molecule has 0 aromatic heterocycles. The lowest BCUT2D eigenvalue weighted by Crippen LogP contribution is -2.39. The van der Waals surface area contributed by atoms with Gasteiger partial charge in [-0.05, 0) is 49.6 Å². The third-order valence-electron chi connectivity index (χ3n) is 5.40. The second-order valence-corrected chi connectivity index (χ2v) is 8.19. The predicted octanol–water partition coefficient (Wildman–Crippen LogP) is 3.67. The summed E-state index contributed by atoms with van der Waals surface area (Å²) in [6.07, 6.45) is 4.03. The zero-order valence-corrected chi connectivity index (χ0v) is 17.5. The van der Waals surface area contributed by atoms with Crippen molar-refractivity contribution in [2.75, 3.05) is 19.6 Å². The summed E-state index contributed by atoms with van der Waals surface area (Å²) < 4.78 is 0. The summed E-state index contributed by atoms with van der Waals surface area (Å²) in [5, 5.41) is 15.6. The van der Waals surface area contributed by atoms with Gasteiger partial charge in [0.05, 0.1) is 6.10 Å². The SMILES string of the molecule is C[C@@H](NC/C=C/C#CC(C)(C)C(=O)N1CCC(O)C1)c1cccc2ccccc12. The Morgan fingerprint density at radius 3 is 2.83 bits per heavy atom. The number of carbonyl (C=O) groups excluding carboxylic acids is 1. The molecule has 2 aromatic rings. The van der Waals surface area contributed by atoms with Gasteiger partial charge in [-0.2, -0.15) is 0 Å². The van der Waals surface area contributed by atoms with Crippen LogP contribution in [0.15, 0.2) is 54.6 Å². The molecule has 0 aliphatic carbocycles. The van der Waals surface area contributed by atoms with Gasteiger partial charge in [-0.3, -0.25) is 4.79 Å². The molecule has 4 nitrogen and oxygen atoms in total. The van der Waals surface area contributed by atoms with Gasteiger partial charge < -0.3 is 15.3 Å². The van der Waals surface area contributed by atoms with Crippen LogP contribution in [-0.2, 0) is 4.79 Å². The summed E-state index contributed by atoms with van der Waals surface area (Å²) in [5.41, 5.74) is 0.528. The van der Waals surface area contributed by atoms with Gasteiger partial charge in [0, 0.05) is 25.7 Å². The fourth-order valence-electron chi connectivity index (χ4n) is 3.70. The lowest BCUT2D eigenvalue weighted by molar-refractivity contribution is -0.136. The van der Waals surface area contributed by atoms with E-state index in [1.165, 1.54) is 16.3 Å². The molecule has 1 aliphatic heterocycles. The highest BCUT2D eigenvalue weighted by atomic mass is 16.3. The molecule has 4 heteroatoms. The van der Waals surface area contributed by atoms with E-state index in [1.807, 2.05) is 19.9 Å². The van der Waals surface area contributed by atoms with Crippen LogP contribution in [0.3, 0.4) is 0 Å². The molecule has 0 radical (unpaired) electrons. The van der Waals surface area contributed by atoms with Crippen LogP contribution < -0.4 is 5.32 Å². The van der Waals surface area contributed by atoms with Crippen molar-refractivity contribution in [3.8, 4) is 11.8 Å². The number of hydrogen-bond acceptors (Lipinski definition) is 3. The molecule has 29 heavy (non-hydrogen) atoms. The smallest absolute Gasteiger partial charge is 0.240 e. The van der Waals surface area contributed by atoms with Crippen LogP contribution in [0.1, 0.15) is 38.8 Å². The average Bonchev–Trinajstić information content (AvgIpc) is 3.15. The first-order valence-corrected chi connectivity index (χ1v) is 10.2. The second kappa shape index (κ2) is 9.26. The quantitative estimate of drug-likeness (QED) is 0.766. The lowest BCUT2D eigenvalue weighted by atomic mass is 9.92. The van der Waals surface area contributed by atoms with Crippen molar-refractivity contribution in [2.24, 2.45) is 5.41 Å². The minimum atomic E-state index is -0.752. The summed E-state index contributed by atoms with van der Waals surface area (Å²) in [6.45, 7) is 7.55. The molecule has 2 N–H and O–H groups in total. The first kappa shape index (κ1) is 21.1. The van der Waals surface area contributed by atoms with Crippen LogP contribution in [0.25, 0.3) is 10.8 Å². The zero-order chi connectivity index (χ0) is 20.9. The van der Waals surface area contributed by atoms with Crippen LogP contribution in [0, 0.1) is 17.3 Å². The van der Waals surface area contributed by atoms with Gasteiger partial charge in [0.25, 0.3) is 0 Å². The van der Waals surface area contributed by atoms with Crippen LogP contribution in [0.4, 0.5) is 0 Å². The average molecular weight is 391 g/mol. The topological polar surface area (TPSA) is 52.6 Å². The predicted molar refractivity (Wildman–Crippen MR) is 118 cm³/mol. The number of rotatable bonds is 5. The van der Waals surface area contributed by atoms with Crippen molar-refractivity contribution in [2.45, 2.75) is 39.3 Å². The van der Waals surface area contributed by atoms with Crippen LogP contribution >= 0.6 is 0 Å². The Bertz CT molecular complexity index is 947. The van der Waals surface area contributed by atoms with Crippen LogP contribution in [-0.4, -0.2) is 41.7 Å². The van der Waals surface area contributed by atoms with Crippen molar-refractivity contribution in [1.82, 2.24) is 10.2 Å². The molecule has 1 aliphatic rings. The Balaban J connectivity index is 1.53. The number of fused-ring (bicyclic) bond motifs is 1. The molecular weight excluding hydrogens is 360 g/mol. The first-order chi connectivity index (χ1) is 13.9. The van der Waals surface area contributed by atoms with Crippen LogP contribution in [0.2, 0.25) is 0 Å². The van der Waals surface area contributed by atoms with E-state index < -0.39 is 11.5 Å². The largest absolute Gasteiger partial charge is 0.391 e. The molecule has 2 atom stereocenters. The number of β-amino-alcohol motifs (C(OH)–C–C–N with tert-alkyl or cyclic N) is 1. The molecule has 1 amide bonds. The molecule has 2 aromatic carbocycles. The second-order valence-electron chi connectivity index (χ2n) is 8.19. The summed E-state index contributed by atoms with van der Waals surface area (Å²) in [5.74, 6) is 6.04. The van der Waals surface area contributed by atoms with Gasteiger partial charge >= 0.3 is 0 Å². The molecule has 1 fully saturated rings. The van der Waals surface area contributed by atoms with E-state index in [1.54, 1.807) is 11.0 Å². The Labute approximate surface area is 173 Å². The Morgan fingerprint density at radius 1 is 1.31 bits per heavy atom. The van der Waals surface area contributed by atoms with Gasteiger partial charge in [0.15, 0.2) is 0 Å². The summed E-state index contributed by atoms with van der Waals surface area (Å²) in [7, 11) is 0. The van der Waals surface area contributed by atoms with E-state index in [4.69, 9.17) is 0 Å². The normalized spacial score (nSPS) is 18.1. The third-order valence-corrected chi connectivity index (χ3v) is 5.40. The summed E-state index contributed by atoms with van der Waals surface area (Å²) in [6, 6.07) is 15.0. The number of aliphatic hydroxyl groups excluding tert-OH is 1. The zero-order valence-electron chi connectivity index (χ0n) is 17.5. The number of hydrogen-bond donors (Lipinski definition) is 2. The third kappa shape index (κ3) is 5.26. The monoisotopic (exact) mass is 390 g/mol. The van der Waals surface area contributed by atoms with E-state index >= 15 is 0 Å². The molecule has 0 saturated carbocycles. The van der Waals surface area contributed by atoms with E-state index in [9.17, 15) is 9.90 Å². The molecule has 3 rings (SSSR count). The Hall–Kier alpha value is -2.61. The standard InChI is InChI=1S/C25H30N2O2/c1-19(22-13-9-11-20-10-5-6-12-23(20)22)26-16-8-4-7-15-25(2,3)24(29)27-17-14-21(28)18-27/h4-6,8-13,19,21,26,28H,14,16-18H2,1-3H3/b8-4+/t19-,21?/m1/s1. The van der Waals surface area contributed by atoms with E-state index in [0.717, 1.165) is 0 Å². The van der Waals surface area contributed by atoms with Gasteiger partial charge in [0.2, 0.25) is 5.91 Å². The number of nitrogens with zero attached hydrogens (tertiary/aromatic N) is 1. The molecule has 1 unspecified atom stereocenters. The summed E-state index contributed by atoms with van der Waals surface area (Å²) >= 11 is 0. The Morgan fingerprint density at radius 2 is 2.07 bits per heavy atom. The highest BCUT2D eigenvalue weighted by Crippen LogP contribution is 2.24. The van der Waals surface area contributed by atoms with Gasteiger partial charge in [-0.25, -0.2) is 0 Å². The van der Waals surface area contributed by atoms with E-state index in [0.29, 0.717) is 26.1 Å². The van der Waals surface area contributed by atoms with Crippen molar-refractivity contribution >= 4 is 16.7 Å². The molecule has 152 valence electrons. The fraction of sp³-hybridized carbons (Fsp3) is 0.400. The van der Waals surface area contributed by atoms with Crippen molar-refractivity contribution in [1.29, 1.82) is 0 Å².